The predicted octanol–water partition coefficient (Wildman–Crippen LogP) is 2.15. The smallest absolute Gasteiger partial charge is 0.325 e. The van der Waals surface area contributed by atoms with Gasteiger partial charge in [-0.15, -0.1) is 0 Å². The number of para-hydroxylation sites is 1. The zero-order chi connectivity index (χ0) is 23.5. The first-order valence-electron chi connectivity index (χ1n) is 9.82. The minimum Gasteiger partial charge on any atom is -0.489 e. The zero-order valence-corrected chi connectivity index (χ0v) is 17.8. The molecule has 4 N–H and O–H groups in total. The molecule has 166 valence electrons. The molecule has 0 aliphatic carbocycles. The second-order valence-corrected chi connectivity index (χ2v) is 7.67. The maximum Gasteiger partial charge on any atom is 0.325 e. The molecule has 0 aromatic heterocycles. The molecule has 0 bridgehead atoms. The van der Waals surface area contributed by atoms with Crippen molar-refractivity contribution in [1.29, 1.82) is 0 Å². The normalized spacial score (nSPS) is 17.6. The lowest BCUT2D eigenvalue weighted by Crippen LogP contribution is -2.42. The third kappa shape index (κ3) is 4.61. The second kappa shape index (κ2) is 8.93. The molecule has 3 rings (SSSR count). The van der Waals surface area contributed by atoms with Crippen LogP contribution in [0, 0.1) is 0 Å². The molecule has 32 heavy (non-hydrogen) atoms. The number of hydrogen-bond acceptors (Lipinski definition) is 5. The number of carbonyl (C=O) groups excluding carboxylic acids is 4. The molecule has 1 aliphatic heterocycles. The van der Waals surface area contributed by atoms with Crippen molar-refractivity contribution >= 4 is 29.4 Å². The van der Waals surface area contributed by atoms with Crippen LogP contribution in [0.3, 0.4) is 0 Å². The van der Waals surface area contributed by atoms with Crippen LogP contribution in [-0.4, -0.2) is 41.8 Å². The number of nitrogens with zero attached hydrogens (tertiary/aromatic N) is 1. The first-order valence-corrected chi connectivity index (χ1v) is 9.82. The average molecular weight is 436 g/mol. The van der Waals surface area contributed by atoms with Crippen LogP contribution in [0.5, 0.6) is 5.75 Å². The Morgan fingerprint density at radius 1 is 1.16 bits per heavy atom. The van der Waals surface area contributed by atoms with E-state index in [0.717, 1.165) is 10.5 Å². The Bertz CT molecular complexity index is 1100. The molecule has 1 saturated heterocycles. The largest absolute Gasteiger partial charge is 0.489 e. The lowest BCUT2D eigenvalue weighted by atomic mass is 9.92. The van der Waals surface area contributed by atoms with Gasteiger partial charge in [-0.05, 0) is 49.2 Å². The van der Waals surface area contributed by atoms with Gasteiger partial charge in [0.1, 0.15) is 24.4 Å². The number of amides is 5. The molecule has 0 saturated carbocycles. The summed E-state index contributed by atoms with van der Waals surface area (Å²) in [5, 5.41) is 5.16. The van der Waals surface area contributed by atoms with Crippen LogP contribution in [0.4, 0.5) is 10.5 Å². The third-order valence-corrected chi connectivity index (χ3v) is 4.96. The summed E-state index contributed by atoms with van der Waals surface area (Å²) in [6.07, 6.45) is 0. The van der Waals surface area contributed by atoms with Crippen LogP contribution in [0.25, 0.3) is 0 Å². The Labute approximate surface area is 185 Å². The molecule has 0 spiro atoms. The summed E-state index contributed by atoms with van der Waals surface area (Å²) in [6, 6.07) is 12.2. The number of anilines is 1. The number of nitrogens with two attached hydrogens (primary N) is 1. The first kappa shape index (κ1) is 22.5. The number of imide groups is 1. The lowest BCUT2D eigenvalue weighted by Gasteiger charge is -2.22. The lowest BCUT2D eigenvalue weighted by molar-refractivity contribution is -0.133. The van der Waals surface area contributed by atoms with E-state index in [1.165, 1.54) is 12.1 Å². The van der Waals surface area contributed by atoms with Gasteiger partial charge >= 0.3 is 6.03 Å². The molecule has 1 fully saturated rings. The topological polar surface area (TPSA) is 131 Å². The Kier molecular flexibility index (Phi) is 6.29. The van der Waals surface area contributed by atoms with Crippen molar-refractivity contribution in [2.75, 3.05) is 18.5 Å². The van der Waals surface area contributed by atoms with Crippen LogP contribution in [0.2, 0.25) is 0 Å². The van der Waals surface area contributed by atoms with Gasteiger partial charge in [0.2, 0.25) is 5.91 Å². The van der Waals surface area contributed by atoms with Crippen molar-refractivity contribution in [2.24, 2.45) is 5.73 Å². The molecule has 1 unspecified atom stereocenters. The zero-order valence-electron chi connectivity index (χ0n) is 17.8. The predicted molar refractivity (Wildman–Crippen MR) is 118 cm³/mol. The number of ether oxygens (including phenoxy) is 1. The van der Waals surface area contributed by atoms with Crippen LogP contribution in [-0.2, 0) is 15.1 Å². The van der Waals surface area contributed by atoms with Gasteiger partial charge in [-0.2, -0.15) is 0 Å². The molecule has 1 aliphatic rings. The molecular weight excluding hydrogens is 412 g/mol. The number of benzene rings is 2. The SMILES string of the molecule is C=C(C)COc1ccc(C2(C)NC(=O)N(CC(=O)Nc3ccccc3C(N)=O)C2=O)cc1. The summed E-state index contributed by atoms with van der Waals surface area (Å²) >= 11 is 0. The van der Waals surface area contributed by atoms with Gasteiger partial charge in [-0.3, -0.25) is 19.3 Å². The summed E-state index contributed by atoms with van der Waals surface area (Å²) < 4.78 is 5.55. The fraction of sp³-hybridized carbons (Fsp3) is 0.217. The van der Waals surface area contributed by atoms with E-state index in [1.807, 2.05) is 6.92 Å². The van der Waals surface area contributed by atoms with E-state index < -0.39 is 35.8 Å². The van der Waals surface area contributed by atoms with Crippen LogP contribution in [0.1, 0.15) is 29.8 Å². The van der Waals surface area contributed by atoms with Gasteiger partial charge < -0.3 is 21.1 Å². The number of nitrogens with one attached hydrogen (secondary N) is 2. The highest BCUT2D eigenvalue weighted by Crippen LogP contribution is 2.30. The molecule has 1 heterocycles. The molecule has 2 aromatic rings. The van der Waals surface area contributed by atoms with Crippen molar-refractivity contribution in [3.63, 3.8) is 0 Å². The standard InChI is InChI=1S/C23H24N4O5/c1-14(2)13-32-16-10-8-15(9-11-16)23(3)21(30)27(22(31)26-23)12-19(28)25-18-7-5-4-6-17(18)20(24)29/h4-11H,1,12-13H2,2-3H3,(H2,24,29)(H,25,28)(H,26,31). The fourth-order valence-electron chi connectivity index (χ4n) is 3.27. The van der Waals surface area contributed by atoms with E-state index in [1.54, 1.807) is 43.3 Å². The van der Waals surface area contributed by atoms with Gasteiger partial charge in [-0.1, -0.05) is 30.8 Å². The Morgan fingerprint density at radius 3 is 2.44 bits per heavy atom. The van der Waals surface area contributed by atoms with E-state index in [2.05, 4.69) is 17.2 Å². The van der Waals surface area contributed by atoms with Crippen LogP contribution < -0.4 is 21.1 Å². The molecule has 9 nitrogen and oxygen atoms in total. The third-order valence-electron chi connectivity index (χ3n) is 4.96. The van der Waals surface area contributed by atoms with Crippen LogP contribution >= 0.6 is 0 Å². The Hall–Kier alpha value is -4.14. The molecule has 9 heteroatoms. The van der Waals surface area contributed by atoms with Crippen molar-refractivity contribution in [3.8, 4) is 5.75 Å². The van der Waals surface area contributed by atoms with E-state index in [9.17, 15) is 19.2 Å². The molecule has 2 aromatic carbocycles. The molecule has 0 radical (unpaired) electrons. The fourth-order valence-corrected chi connectivity index (χ4v) is 3.27. The Balaban J connectivity index is 1.72. The maximum absolute atomic E-state index is 13.0. The van der Waals surface area contributed by atoms with Crippen LogP contribution in [0.15, 0.2) is 60.7 Å². The number of hydrogen-bond donors (Lipinski definition) is 3. The van der Waals surface area contributed by atoms with E-state index in [0.29, 0.717) is 17.9 Å². The van der Waals surface area contributed by atoms with Crippen molar-refractivity contribution in [1.82, 2.24) is 10.2 Å². The van der Waals surface area contributed by atoms with Crippen molar-refractivity contribution < 1.29 is 23.9 Å². The summed E-state index contributed by atoms with van der Waals surface area (Å²) in [4.78, 5) is 50.4. The minimum atomic E-state index is -1.34. The van der Waals surface area contributed by atoms with E-state index in [4.69, 9.17) is 10.5 Å². The maximum atomic E-state index is 13.0. The highest BCUT2D eigenvalue weighted by atomic mass is 16.5. The number of urea groups is 1. The van der Waals surface area contributed by atoms with Gasteiger partial charge in [0.25, 0.3) is 11.8 Å². The summed E-state index contributed by atoms with van der Waals surface area (Å²) in [7, 11) is 0. The monoisotopic (exact) mass is 436 g/mol. The second-order valence-electron chi connectivity index (χ2n) is 7.67. The highest BCUT2D eigenvalue weighted by Gasteiger charge is 2.49. The number of primary amides is 1. The summed E-state index contributed by atoms with van der Waals surface area (Å²) in [6.45, 7) is 7.04. The van der Waals surface area contributed by atoms with Crippen molar-refractivity contribution in [2.45, 2.75) is 19.4 Å². The van der Waals surface area contributed by atoms with E-state index >= 15 is 0 Å². The highest BCUT2D eigenvalue weighted by molar-refractivity contribution is 6.11. The van der Waals surface area contributed by atoms with Gasteiger partial charge in [0.15, 0.2) is 0 Å². The van der Waals surface area contributed by atoms with Gasteiger partial charge in [0, 0.05) is 0 Å². The average Bonchev–Trinajstić information content (AvgIpc) is 2.96. The van der Waals surface area contributed by atoms with E-state index in [-0.39, 0.29) is 11.3 Å². The molecular formula is C23H24N4O5. The number of carbonyl (C=O) groups is 4. The number of rotatable bonds is 8. The van der Waals surface area contributed by atoms with Crippen molar-refractivity contribution in [3.05, 3.63) is 71.8 Å². The molecule has 1 atom stereocenters. The summed E-state index contributed by atoms with van der Waals surface area (Å²) in [5.74, 6) is -1.33. The first-order chi connectivity index (χ1) is 15.1. The Morgan fingerprint density at radius 2 is 1.81 bits per heavy atom. The quantitative estimate of drug-likeness (QED) is 0.431. The summed E-state index contributed by atoms with van der Waals surface area (Å²) in [5.41, 5.74) is 5.70. The molecule has 5 amide bonds. The van der Waals surface area contributed by atoms with Gasteiger partial charge in [-0.25, -0.2) is 4.79 Å². The van der Waals surface area contributed by atoms with Gasteiger partial charge in [0.05, 0.1) is 11.3 Å². The minimum absolute atomic E-state index is 0.122.